The maximum absolute atomic E-state index is 13.5. The van der Waals surface area contributed by atoms with Crippen LogP contribution in [-0.2, 0) is 0 Å². The summed E-state index contributed by atoms with van der Waals surface area (Å²) in [7, 11) is 0. The van der Waals surface area contributed by atoms with Gasteiger partial charge < -0.3 is 4.42 Å². The number of rotatable bonds is 4. The molecular weight excluding hydrogens is 540 g/mol. The summed E-state index contributed by atoms with van der Waals surface area (Å²) in [6, 6.07) is 35.6. The van der Waals surface area contributed by atoms with Crippen molar-refractivity contribution in [3.8, 4) is 44.7 Å². The van der Waals surface area contributed by atoms with Gasteiger partial charge in [-0.05, 0) is 41.0 Å². The Kier molecular flexibility index (Phi) is 6.12. The first kappa shape index (κ1) is 21.6. The van der Waals surface area contributed by atoms with Gasteiger partial charge in [-0.2, -0.15) is 0 Å². The Morgan fingerprint density at radius 2 is 0.879 bits per heavy atom. The molecule has 33 heavy (non-hydrogen) atoms. The molecule has 0 unspecified atom stereocenters. The Bertz CT molecular complexity index is 1460. The first-order valence-corrected chi connectivity index (χ1v) is 12.0. The van der Waals surface area contributed by atoms with E-state index in [4.69, 9.17) is 4.42 Å². The third-order valence-corrected chi connectivity index (χ3v) is 6.55. The third kappa shape index (κ3) is 4.37. The molecule has 5 rings (SSSR count). The molecule has 160 valence electrons. The summed E-state index contributed by atoms with van der Waals surface area (Å²) in [6.07, 6.45) is 0. The zero-order valence-corrected chi connectivity index (χ0v) is 20.6. The molecule has 0 aliphatic heterocycles. The number of hydrogen-bond donors (Lipinski definition) is 0. The van der Waals surface area contributed by atoms with Gasteiger partial charge in [0.05, 0.1) is 5.56 Å². The summed E-state index contributed by atoms with van der Waals surface area (Å²) in [6.45, 7) is 0. The molecule has 0 atom stereocenters. The lowest BCUT2D eigenvalue weighted by Gasteiger charge is -2.18. The van der Waals surface area contributed by atoms with Crippen LogP contribution in [0.1, 0.15) is 0 Å². The van der Waals surface area contributed by atoms with Gasteiger partial charge in [-0.15, -0.1) is 0 Å². The van der Waals surface area contributed by atoms with Crippen LogP contribution >= 0.6 is 31.9 Å². The second-order valence-electron chi connectivity index (χ2n) is 7.59. The van der Waals surface area contributed by atoms with E-state index < -0.39 is 0 Å². The van der Waals surface area contributed by atoms with Crippen molar-refractivity contribution in [1.29, 1.82) is 0 Å². The smallest absolute Gasteiger partial charge is 0.344 e. The van der Waals surface area contributed by atoms with Gasteiger partial charge in [0, 0.05) is 25.6 Å². The summed E-state index contributed by atoms with van der Waals surface area (Å²) in [5, 5.41) is 0. The van der Waals surface area contributed by atoms with Gasteiger partial charge >= 0.3 is 5.63 Å². The van der Waals surface area contributed by atoms with Crippen molar-refractivity contribution in [1.82, 2.24) is 0 Å². The molecule has 0 N–H and O–H groups in total. The molecule has 0 saturated carbocycles. The van der Waals surface area contributed by atoms with Crippen molar-refractivity contribution in [2.45, 2.75) is 0 Å². The molecule has 0 bridgehead atoms. The number of benzene rings is 4. The van der Waals surface area contributed by atoms with Crippen LogP contribution in [0.4, 0.5) is 0 Å². The summed E-state index contributed by atoms with van der Waals surface area (Å²) in [5.74, 6) is 0.556. The van der Waals surface area contributed by atoms with Gasteiger partial charge in [-0.3, -0.25) is 0 Å². The Balaban J connectivity index is 1.96. The summed E-state index contributed by atoms with van der Waals surface area (Å²) >= 11 is 7.07. The highest BCUT2D eigenvalue weighted by atomic mass is 79.9. The lowest BCUT2D eigenvalue weighted by Crippen LogP contribution is -2.08. The molecule has 0 radical (unpaired) electrons. The molecule has 0 aliphatic carbocycles. The highest BCUT2D eigenvalue weighted by Gasteiger charge is 2.24. The van der Waals surface area contributed by atoms with E-state index in [1.54, 1.807) is 0 Å². The molecule has 4 heteroatoms. The van der Waals surface area contributed by atoms with Crippen LogP contribution in [0.5, 0.6) is 0 Å². The fourth-order valence-electron chi connectivity index (χ4n) is 3.99. The van der Waals surface area contributed by atoms with Crippen LogP contribution < -0.4 is 5.63 Å². The van der Waals surface area contributed by atoms with E-state index in [1.165, 1.54) is 0 Å². The highest BCUT2D eigenvalue weighted by molar-refractivity contribution is 9.10. The largest absolute Gasteiger partial charge is 0.422 e. The van der Waals surface area contributed by atoms with E-state index in [0.29, 0.717) is 11.3 Å². The summed E-state index contributed by atoms with van der Waals surface area (Å²) < 4.78 is 8.03. The first-order chi connectivity index (χ1) is 16.1. The van der Waals surface area contributed by atoms with Gasteiger partial charge in [-0.1, -0.05) is 117 Å². The number of halogens is 2. The van der Waals surface area contributed by atoms with Crippen molar-refractivity contribution in [3.05, 3.63) is 129 Å². The van der Waals surface area contributed by atoms with Crippen LogP contribution in [0.25, 0.3) is 44.7 Å². The van der Waals surface area contributed by atoms with Crippen molar-refractivity contribution >= 4 is 31.9 Å². The Hall–Kier alpha value is -3.21. The Morgan fingerprint density at radius 3 is 1.39 bits per heavy atom. The molecule has 0 spiro atoms. The lowest BCUT2D eigenvalue weighted by molar-refractivity contribution is 0.530. The monoisotopic (exact) mass is 556 g/mol. The Labute approximate surface area is 208 Å². The molecule has 4 aromatic carbocycles. The quantitative estimate of drug-likeness (QED) is 0.221. The van der Waals surface area contributed by atoms with Crippen molar-refractivity contribution < 1.29 is 4.42 Å². The average molecular weight is 558 g/mol. The first-order valence-electron chi connectivity index (χ1n) is 10.5. The molecule has 2 nitrogen and oxygen atoms in total. The van der Waals surface area contributed by atoms with Crippen molar-refractivity contribution in [2.24, 2.45) is 0 Å². The predicted molar refractivity (Wildman–Crippen MR) is 142 cm³/mol. The van der Waals surface area contributed by atoms with Crippen molar-refractivity contribution in [3.63, 3.8) is 0 Å². The van der Waals surface area contributed by atoms with Crippen LogP contribution in [0.2, 0.25) is 0 Å². The molecule has 1 aromatic heterocycles. The number of hydrogen-bond acceptors (Lipinski definition) is 2. The van der Waals surface area contributed by atoms with Crippen LogP contribution in [0, 0.1) is 0 Å². The van der Waals surface area contributed by atoms with Gasteiger partial charge in [0.1, 0.15) is 5.76 Å². The van der Waals surface area contributed by atoms with Gasteiger partial charge in [0.15, 0.2) is 0 Å². The molecule has 1 heterocycles. The summed E-state index contributed by atoms with van der Waals surface area (Å²) in [5.41, 5.74) is 5.51. The maximum atomic E-state index is 13.5. The Morgan fingerprint density at radius 1 is 0.455 bits per heavy atom. The minimum atomic E-state index is -0.362. The zero-order valence-electron chi connectivity index (χ0n) is 17.5. The molecular formula is C29H18Br2O2. The minimum absolute atomic E-state index is 0.362. The topological polar surface area (TPSA) is 30.2 Å². The molecule has 5 aromatic rings. The second-order valence-corrected chi connectivity index (χ2v) is 9.42. The third-order valence-electron chi connectivity index (χ3n) is 5.49. The average Bonchev–Trinajstić information content (AvgIpc) is 2.86. The van der Waals surface area contributed by atoms with Gasteiger partial charge in [0.25, 0.3) is 0 Å². The normalized spacial score (nSPS) is 10.8. The highest BCUT2D eigenvalue weighted by Crippen LogP contribution is 2.44. The minimum Gasteiger partial charge on any atom is -0.422 e. The van der Waals surface area contributed by atoms with E-state index in [2.05, 4.69) is 31.9 Å². The van der Waals surface area contributed by atoms with E-state index in [-0.39, 0.29) is 5.63 Å². The zero-order chi connectivity index (χ0) is 22.8. The van der Waals surface area contributed by atoms with Crippen molar-refractivity contribution in [2.75, 3.05) is 0 Å². The summed E-state index contributed by atoms with van der Waals surface area (Å²) in [4.78, 5) is 13.5. The maximum Gasteiger partial charge on any atom is 0.344 e. The van der Waals surface area contributed by atoms with Crippen LogP contribution in [0.15, 0.2) is 127 Å². The fourth-order valence-corrected chi connectivity index (χ4v) is 4.52. The van der Waals surface area contributed by atoms with E-state index in [9.17, 15) is 4.79 Å². The van der Waals surface area contributed by atoms with E-state index >= 15 is 0 Å². The fraction of sp³-hybridized carbons (Fsp3) is 0. The molecule has 0 saturated heterocycles. The van der Waals surface area contributed by atoms with E-state index in [0.717, 1.165) is 42.3 Å². The molecule has 0 aliphatic rings. The molecule has 0 fully saturated rings. The second kappa shape index (κ2) is 9.34. The lowest BCUT2D eigenvalue weighted by atomic mass is 9.87. The van der Waals surface area contributed by atoms with Gasteiger partial charge in [-0.25, -0.2) is 4.79 Å². The SMILES string of the molecule is O=c1oc(-c2ccccc2)c(-c2ccc(Br)cc2)c(-c2ccc(Br)cc2)c1-c1ccccc1. The molecule has 0 amide bonds. The van der Waals surface area contributed by atoms with Gasteiger partial charge in [0.2, 0.25) is 0 Å². The van der Waals surface area contributed by atoms with Crippen LogP contribution in [-0.4, -0.2) is 0 Å². The standard InChI is InChI=1S/C29H18Br2O2/c30-23-15-11-20(12-16-23)25-26(21-13-17-24(31)18-14-21)28(22-9-5-2-6-10-22)33-29(32)27(25)19-7-3-1-4-8-19/h1-18H. The van der Waals surface area contributed by atoms with E-state index in [1.807, 2.05) is 109 Å². The predicted octanol–water partition coefficient (Wildman–Crippen LogP) is 8.83. The van der Waals surface area contributed by atoms with Crippen LogP contribution in [0.3, 0.4) is 0 Å².